The summed E-state index contributed by atoms with van der Waals surface area (Å²) in [5.41, 5.74) is 1.01. The van der Waals surface area contributed by atoms with Gasteiger partial charge >= 0.3 is 0 Å². The summed E-state index contributed by atoms with van der Waals surface area (Å²) in [6.45, 7) is 7.85. The average Bonchev–Trinajstić information content (AvgIpc) is 2.73. The number of hydrogen-bond donors (Lipinski definition) is 1. The van der Waals surface area contributed by atoms with E-state index in [0.717, 1.165) is 30.1 Å². The Kier molecular flexibility index (Phi) is 5.98. The minimum Gasteiger partial charge on any atom is -0.338 e. The molecule has 0 aromatic carbocycles. The Morgan fingerprint density at radius 1 is 1.60 bits per heavy atom. The number of likely N-dealkylation sites (N-methyl/N-ethyl adjacent to an activating group) is 1. The molecule has 1 aliphatic rings. The van der Waals surface area contributed by atoms with Crippen molar-refractivity contribution in [3.05, 3.63) is 16.1 Å². The molecule has 0 saturated carbocycles. The zero-order chi connectivity index (χ0) is 14.0. The fourth-order valence-corrected chi connectivity index (χ4v) is 3.26. The molecule has 114 valence electrons. The highest BCUT2D eigenvalue weighted by atomic mass is 35.5. The van der Waals surface area contributed by atoms with E-state index in [0.29, 0.717) is 6.54 Å². The lowest BCUT2D eigenvalue weighted by Crippen LogP contribution is -2.55. The Labute approximate surface area is 131 Å². The number of aromatic nitrogens is 1. The number of aryl methyl sites for hydroxylation is 1. The van der Waals surface area contributed by atoms with E-state index < -0.39 is 0 Å². The topological polar surface area (TPSA) is 45.2 Å². The summed E-state index contributed by atoms with van der Waals surface area (Å²) < 4.78 is 0. The second-order valence-electron chi connectivity index (χ2n) is 6.03. The van der Waals surface area contributed by atoms with Gasteiger partial charge in [-0.1, -0.05) is 13.8 Å². The Bertz CT molecular complexity index is 461. The summed E-state index contributed by atoms with van der Waals surface area (Å²) in [6, 6.07) is -0.0778. The van der Waals surface area contributed by atoms with Crippen LogP contribution in [0.25, 0.3) is 0 Å². The van der Waals surface area contributed by atoms with Crippen LogP contribution in [0.4, 0.5) is 0 Å². The third-order valence-corrected chi connectivity index (χ3v) is 4.64. The van der Waals surface area contributed by atoms with E-state index in [2.05, 4.69) is 24.1 Å². The maximum absolute atomic E-state index is 12.6. The SMILES string of the molecule is Cc1nc(CN(C)C(=O)C2NCCCC2(C)C)cs1.Cl. The Morgan fingerprint density at radius 3 is 2.85 bits per heavy atom. The summed E-state index contributed by atoms with van der Waals surface area (Å²) in [7, 11) is 1.86. The molecule has 0 bridgehead atoms. The standard InChI is InChI=1S/C14H23N3OS.ClH/c1-10-16-11(9-19-10)8-17(4)13(18)12-14(2,3)6-5-7-15-12;/h9,12,15H,5-8H2,1-4H3;1H. The number of nitrogens with zero attached hydrogens (tertiary/aromatic N) is 2. The molecule has 1 unspecified atom stereocenters. The zero-order valence-corrected chi connectivity index (χ0v) is 14.2. The van der Waals surface area contributed by atoms with E-state index in [-0.39, 0.29) is 29.8 Å². The fourth-order valence-electron chi connectivity index (χ4n) is 2.65. The van der Waals surface area contributed by atoms with Crippen molar-refractivity contribution in [3.63, 3.8) is 0 Å². The Balaban J connectivity index is 0.00000200. The molecule has 1 fully saturated rings. The maximum atomic E-state index is 12.6. The van der Waals surface area contributed by atoms with Gasteiger partial charge in [-0.25, -0.2) is 4.98 Å². The molecule has 0 radical (unpaired) electrons. The number of thiazole rings is 1. The molecule has 1 aromatic rings. The Morgan fingerprint density at radius 2 is 2.30 bits per heavy atom. The molecule has 1 N–H and O–H groups in total. The molecule has 20 heavy (non-hydrogen) atoms. The number of hydrogen-bond acceptors (Lipinski definition) is 4. The number of halogens is 1. The van der Waals surface area contributed by atoms with Crippen molar-refractivity contribution in [1.82, 2.24) is 15.2 Å². The number of carbonyl (C=O) groups excluding carboxylic acids is 1. The van der Waals surface area contributed by atoms with Gasteiger partial charge in [0.1, 0.15) is 0 Å². The van der Waals surface area contributed by atoms with Crippen LogP contribution in [-0.4, -0.2) is 35.4 Å². The highest BCUT2D eigenvalue weighted by Gasteiger charge is 2.38. The van der Waals surface area contributed by atoms with Gasteiger partial charge in [0.05, 0.1) is 23.3 Å². The Hall–Kier alpha value is -0.650. The van der Waals surface area contributed by atoms with Crippen LogP contribution in [0, 0.1) is 12.3 Å². The zero-order valence-electron chi connectivity index (χ0n) is 12.6. The minimum atomic E-state index is -0.0778. The third-order valence-electron chi connectivity index (χ3n) is 3.82. The molecule has 2 rings (SSSR count). The van der Waals surface area contributed by atoms with Crippen LogP contribution in [0.1, 0.15) is 37.4 Å². The van der Waals surface area contributed by atoms with Crippen molar-refractivity contribution in [3.8, 4) is 0 Å². The highest BCUT2D eigenvalue weighted by molar-refractivity contribution is 7.09. The largest absolute Gasteiger partial charge is 0.338 e. The molecule has 1 aliphatic heterocycles. The second-order valence-corrected chi connectivity index (χ2v) is 7.09. The van der Waals surface area contributed by atoms with Crippen LogP contribution >= 0.6 is 23.7 Å². The van der Waals surface area contributed by atoms with Gasteiger partial charge in [0, 0.05) is 12.4 Å². The average molecular weight is 318 g/mol. The van der Waals surface area contributed by atoms with Gasteiger partial charge in [0.25, 0.3) is 0 Å². The van der Waals surface area contributed by atoms with E-state index in [1.54, 1.807) is 16.2 Å². The summed E-state index contributed by atoms with van der Waals surface area (Å²) in [6.07, 6.45) is 2.24. The first-order chi connectivity index (χ1) is 8.90. The van der Waals surface area contributed by atoms with Gasteiger partial charge in [-0.2, -0.15) is 0 Å². The first kappa shape index (κ1) is 17.4. The van der Waals surface area contributed by atoms with Crippen molar-refractivity contribution < 1.29 is 4.79 Å². The molecule has 1 amide bonds. The summed E-state index contributed by atoms with van der Waals surface area (Å²) in [5, 5.41) is 6.45. The van der Waals surface area contributed by atoms with Crippen LogP contribution in [0.3, 0.4) is 0 Å². The normalized spacial score (nSPS) is 21.1. The van der Waals surface area contributed by atoms with Gasteiger partial charge < -0.3 is 10.2 Å². The van der Waals surface area contributed by atoms with E-state index in [1.807, 2.05) is 19.4 Å². The molecular weight excluding hydrogens is 294 g/mol. The molecule has 2 heterocycles. The number of rotatable bonds is 3. The van der Waals surface area contributed by atoms with Gasteiger partial charge in [-0.05, 0) is 31.7 Å². The van der Waals surface area contributed by atoms with Crippen LogP contribution in [-0.2, 0) is 11.3 Å². The molecular formula is C14H24ClN3OS. The molecule has 1 saturated heterocycles. The van der Waals surface area contributed by atoms with Crippen molar-refractivity contribution in [2.24, 2.45) is 5.41 Å². The molecule has 6 heteroatoms. The van der Waals surface area contributed by atoms with Crippen molar-refractivity contribution in [2.75, 3.05) is 13.6 Å². The van der Waals surface area contributed by atoms with Crippen LogP contribution in [0.15, 0.2) is 5.38 Å². The predicted molar refractivity (Wildman–Crippen MR) is 85.4 cm³/mol. The van der Waals surface area contributed by atoms with Gasteiger partial charge in [-0.15, -0.1) is 23.7 Å². The lowest BCUT2D eigenvalue weighted by atomic mass is 9.77. The lowest BCUT2D eigenvalue weighted by molar-refractivity contribution is -0.136. The van der Waals surface area contributed by atoms with Crippen molar-refractivity contribution in [1.29, 1.82) is 0 Å². The molecule has 0 aliphatic carbocycles. The van der Waals surface area contributed by atoms with Crippen LogP contribution < -0.4 is 5.32 Å². The maximum Gasteiger partial charge on any atom is 0.240 e. The van der Waals surface area contributed by atoms with Crippen LogP contribution in [0.5, 0.6) is 0 Å². The van der Waals surface area contributed by atoms with Crippen molar-refractivity contribution in [2.45, 2.75) is 46.2 Å². The third kappa shape index (κ3) is 3.93. The molecule has 4 nitrogen and oxygen atoms in total. The summed E-state index contributed by atoms with van der Waals surface area (Å²) >= 11 is 1.63. The number of piperidine rings is 1. The van der Waals surface area contributed by atoms with E-state index in [1.165, 1.54) is 0 Å². The number of carbonyl (C=O) groups is 1. The summed E-state index contributed by atoms with van der Waals surface area (Å²) in [5.74, 6) is 0.176. The van der Waals surface area contributed by atoms with E-state index in [4.69, 9.17) is 0 Å². The second kappa shape index (κ2) is 6.87. The molecule has 0 spiro atoms. The minimum absolute atomic E-state index is 0. The fraction of sp³-hybridized carbons (Fsp3) is 0.714. The number of nitrogens with one attached hydrogen (secondary N) is 1. The van der Waals surface area contributed by atoms with Gasteiger partial charge in [-0.3, -0.25) is 4.79 Å². The number of amides is 1. The monoisotopic (exact) mass is 317 g/mol. The first-order valence-electron chi connectivity index (χ1n) is 6.79. The van der Waals surface area contributed by atoms with Crippen LogP contribution in [0.2, 0.25) is 0 Å². The van der Waals surface area contributed by atoms with E-state index in [9.17, 15) is 4.79 Å². The quantitative estimate of drug-likeness (QED) is 0.932. The first-order valence-corrected chi connectivity index (χ1v) is 7.67. The molecule has 1 atom stereocenters. The predicted octanol–water partition coefficient (Wildman–Crippen LogP) is 2.61. The molecule has 1 aromatic heterocycles. The summed E-state index contributed by atoms with van der Waals surface area (Å²) in [4.78, 5) is 18.8. The lowest BCUT2D eigenvalue weighted by Gasteiger charge is -2.40. The highest BCUT2D eigenvalue weighted by Crippen LogP contribution is 2.31. The smallest absolute Gasteiger partial charge is 0.240 e. The van der Waals surface area contributed by atoms with Gasteiger partial charge in [0.2, 0.25) is 5.91 Å². The van der Waals surface area contributed by atoms with Gasteiger partial charge in [0.15, 0.2) is 0 Å². The van der Waals surface area contributed by atoms with Crippen molar-refractivity contribution >= 4 is 29.7 Å². The van der Waals surface area contributed by atoms with E-state index >= 15 is 0 Å².